The summed E-state index contributed by atoms with van der Waals surface area (Å²) < 4.78 is 5.18. The van der Waals surface area contributed by atoms with Gasteiger partial charge in [-0.2, -0.15) is 5.26 Å². The Labute approximate surface area is 111 Å². The van der Waals surface area contributed by atoms with Gasteiger partial charge < -0.3 is 19.6 Å². The van der Waals surface area contributed by atoms with E-state index in [1.807, 2.05) is 6.07 Å². The Morgan fingerprint density at radius 3 is 2.84 bits per heavy atom. The van der Waals surface area contributed by atoms with Gasteiger partial charge in [-0.05, 0) is 19.8 Å². The fourth-order valence-electron chi connectivity index (χ4n) is 2.56. The number of hydrogen-bond acceptors (Lipinski definition) is 4. The average molecular weight is 267 g/mol. The highest BCUT2D eigenvalue weighted by atomic mass is 16.5. The highest BCUT2D eigenvalue weighted by molar-refractivity contribution is 5.86. The summed E-state index contributed by atoms with van der Waals surface area (Å²) in [4.78, 5) is 26.7. The summed E-state index contributed by atoms with van der Waals surface area (Å²) in [5.41, 5.74) is -1.14. The van der Waals surface area contributed by atoms with Crippen LogP contribution in [0.15, 0.2) is 0 Å². The van der Waals surface area contributed by atoms with Crippen molar-refractivity contribution in [1.82, 2.24) is 9.80 Å². The number of carboxylic acids is 1. The average Bonchev–Trinajstić information content (AvgIpc) is 2.81. The minimum atomic E-state index is -1.14. The molecule has 19 heavy (non-hydrogen) atoms. The molecule has 2 atom stereocenters. The molecule has 0 saturated carbocycles. The smallest absolute Gasteiger partial charge is 0.329 e. The zero-order valence-corrected chi connectivity index (χ0v) is 10.8. The monoisotopic (exact) mass is 267 g/mol. The molecule has 7 nitrogen and oxygen atoms in total. The number of carboxylic acid groups (broad SMARTS) is 1. The molecule has 0 aromatic carbocycles. The SMILES string of the molecule is CC1(C(=O)O)CCCN1C(=O)N1CCOC(C#N)C1. The van der Waals surface area contributed by atoms with Crippen LogP contribution in [0.4, 0.5) is 4.79 Å². The minimum Gasteiger partial charge on any atom is -0.480 e. The maximum absolute atomic E-state index is 12.4. The Morgan fingerprint density at radius 2 is 2.21 bits per heavy atom. The number of amides is 2. The predicted molar refractivity (Wildman–Crippen MR) is 64.3 cm³/mol. The molecular weight excluding hydrogens is 250 g/mol. The fraction of sp³-hybridized carbons (Fsp3) is 0.750. The number of likely N-dealkylation sites (tertiary alicyclic amines) is 1. The lowest BCUT2D eigenvalue weighted by Gasteiger charge is -2.38. The van der Waals surface area contributed by atoms with Gasteiger partial charge in [0, 0.05) is 13.1 Å². The van der Waals surface area contributed by atoms with E-state index in [0.717, 1.165) is 0 Å². The van der Waals surface area contributed by atoms with Crippen LogP contribution in [0.3, 0.4) is 0 Å². The molecule has 104 valence electrons. The van der Waals surface area contributed by atoms with Crippen LogP contribution in [0, 0.1) is 11.3 Å². The van der Waals surface area contributed by atoms with Gasteiger partial charge in [0.1, 0.15) is 5.54 Å². The minimum absolute atomic E-state index is 0.196. The molecule has 2 fully saturated rings. The largest absolute Gasteiger partial charge is 0.480 e. The molecule has 0 radical (unpaired) electrons. The highest BCUT2D eigenvalue weighted by Crippen LogP contribution is 2.30. The first-order valence-electron chi connectivity index (χ1n) is 6.30. The number of hydrogen-bond donors (Lipinski definition) is 1. The number of nitrogens with zero attached hydrogens (tertiary/aromatic N) is 3. The first kappa shape index (κ1) is 13.6. The van der Waals surface area contributed by atoms with Gasteiger partial charge in [-0.15, -0.1) is 0 Å². The third kappa shape index (κ3) is 2.36. The van der Waals surface area contributed by atoms with Gasteiger partial charge in [-0.1, -0.05) is 0 Å². The second-order valence-corrected chi connectivity index (χ2v) is 5.05. The molecule has 0 aromatic heterocycles. The summed E-state index contributed by atoms with van der Waals surface area (Å²) in [7, 11) is 0. The second kappa shape index (κ2) is 5.05. The molecule has 2 aliphatic heterocycles. The van der Waals surface area contributed by atoms with Crippen molar-refractivity contribution in [3.8, 4) is 6.07 Å². The van der Waals surface area contributed by atoms with Crippen LogP contribution in [0.1, 0.15) is 19.8 Å². The van der Waals surface area contributed by atoms with Gasteiger partial charge in [-0.25, -0.2) is 9.59 Å². The quantitative estimate of drug-likeness (QED) is 0.736. The lowest BCUT2D eigenvalue weighted by molar-refractivity contribution is -0.147. The number of aliphatic carboxylic acids is 1. The summed E-state index contributed by atoms with van der Waals surface area (Å²) in [6.45, 7) is 2.91. The van der Waals surface area contributed by atoms with Crippen molar-refractivity contribution in [1.29, 1.82) is 5.26 Å². The van der Waals surface area contributed by atoms with Crippen molar-refractivity contribution in [3.63, 3.8) is 0 Å². The van der Waals surface area contributed by atoms with Crippen molar-refractivity contribution in [2.24, 2.45) is 0 Å². The number of ether oxygens (including phenoxy) is 1. The summed E-state index contributed by atoms with van der Waals surface area (Å²) in [6.07, 6.45) is 0.511. The summed E-state index contributed by atoms with van der Waals surface area (Å²) >= 11 is 0. The maximum atomic E-state index is 12.4. The van der Waals surface area contributed by atoms with Crippen molar-refractivity contribution in [2.45, 2.75) is 31.4 Å². The molecule has 2 amide bonds. The summed E-state index contributed by atoms with van der Waals surface area (Å²) in [5.74, 6) is -0.983. The van der Waals surface area contributed by atoms with E-state index < -0.39 is 17.6 Å². The van der Waals surface area contributed by atoms with Crippen LogP contribution in [-0.2, 0) is 9.53 Å². The molecule has 2 aliphatic rings. The standard InChI is InChI=1S/C12H17N3O4/c1-12(10(16)17)3-2-4-15(12)11(18)14-5-6-19-9(7-13)8-14/h9H,2-6,8H2,1H3,(H,16,17). The van der Waals surface area contributed by atoms with E-state index in [0.29, 0.717) is 32.5 Å². The normalized spacial score (nSPS) is 31.1. The van der Waals surface area contributed by atoms with Crippen molar-refractivity contribution in [3.05, 3.63) is 0 Å². The van der Waals surface area contributed by atoms with Crippen LogP contribution >= 0.6 is 0 Å². The fourth-order valence-corrected chi connectivity index (χ4v) is 2.56. The zero-order valence-electron chi connectivity index (χ0n) is 10.8. The Kier molecular flexibility index (Phi) is 3.62. The van der Waals surface area contributed by atoms with E-state index in [1.165, 1.54) is 9.80 Å². The second-order valence-electron chi connectivity index (χ2n) is 5.05. The summed E-state index contributed by atoms with van der Waals surface area (Å²) in [6, 6.07) is 1.66. The van der Waals surface area contributed by atoms with Gasteiger partial charge in [0.25, 0.3) is 0 Å². The van der Waals surface area contributed by atoms with Crippen LogP contribution in [0.2, 0.25) is 0 Å². The van der Waals surface area contributed by atoms with Crippen LogP contribution in [-0.4, -0.2) is 64.8 Å². The van der Waals surface area contributed by atoms with Crippen LogP contribution < -0.4 is 0 Å². The Bertz CT molecular complexity index is 433. The molecule has 0 spiro atoms. The number of carbonyl (C=O) groups is 2. The topological polar surface area (TPSA) is 93.9 Å². The number of urea groups is 1. The molecule has 0 bridgehead atoms. The first-order chi connectivity index (χ1) is 8.99. The maximum Gasteiger partial charge on any atom is 0.329 e. The van der Waals surface area contributed by atoms with Gasteiger partial charge in [0.05, 0.1) is 19.2 Å². The molecule has 2 rings (SSSR count). The van der Waals surface area contributed by atoms with Crippen LogP contribution in [0.5, 0.6) is 0 Å². The lowest BCUT2D eigenvalue weighted by Crippen LogP contribution is -2.57. The summed E-state index contributed by atoms with van der Waals surface area (Å²) in [5, 5.41) is 18.1. The van der Waals surface area contributed by atoms with Crippen molar-refractivity contribution in [2.75, 3.05) is 26.2 Å². The van der Waals surface area contributed by atoms with E-state index >= 15 is 0 Å². The van der Waals surface area contributed by atoms with Gasteiger partial charge in [0.15, 0.2) is 6.10 Å². The number of nitriles is 1. The van der Waals surface area contributed by atoms with E-state index in [1.54, 1.807) is 6.92 Å². The third-order valence-corrected chi connectivity index (χ3v) is 3.81. The van der Waals surface area contributed by atoms with Gasteiger partial charge in [0.2, 0.25) is 0 Å². The number of morpholine rings is 1. The van der Waals surface area contributed by atoms with Gasteiger partial charge >= 0.3 is 12.0 Å². The lowest BCUT2D eigenvalue weighted by atomic mass is 9.99. The Hall–Kier alpha value is -1.81. The third-order valence-electron chi connectivity index (χ3n) is 3.81. The van der Waals surface area contributed by atoms with Crippen LogP contribution in [0.25, 0.3) is 0 Å². The van der Waals surface area contributed by atoms with E-state index in [9.17, 15) is 14.7 Å². The Morgan fingerprint density at radius 1 is 1.47 bits per heavy atom. The number of rotatable bonds is 1. The molecule has 7 heteroatoms. The van der Waals surface area contributed by atoms with E-state index in [-0.39, 0.29) is 12.6 Å². The predicted octanol–water partition coefficient (Wildman–Crippen LogP) is 0.270. The molecule has 0 aromatic rings. The number of carbonyl (C=O) groups excluding carboxylic acids is 1. The molecule has 2 unspecified atom stereocenters. The van der Waals surface area contributed by atoms with Crippen molar-refractivity contribution >= 4 is 12.0 Å². The first-order valence-corrected chi connectivity index (χ1v) is 6.30. The van der Waals surface area contributed by atoms with E-state index in [4.69, 9.17) is 10.00 Å². The zero-order chi connectivity index (χ0) is 14.0. The van der Waals surface area contributed by atoms with E-state index in [2.05, 4.69) is 0 Å². The molecular formula is C12H17N3O4. The molecule has 1 N–H and O–H groups in total. The Balaban J connectivity index is 2.11. The van der Waals surface area contributed by atoms with Gasteiger partial charge in [-0.3, -0.25) is 0 Å². The molecule has 0 aliphatic carbocycles. The molecule has 2 heterocycles. The molecule has 2 saturated heterocycles. The highest BCUT2D eigenvalue weighted by Gasteiger charge is 2.47. The van der Waals surface area contributed by atoms with Crippen molar-refractivity contribution < 1.29 is 19.4 Å².